The number of carbonyl (C=O) groups is 4. The Hall–Kier alpha value is -4.70. The number of carboxylic acid groups (broad SMARTS) is 2. The number of amides is 2. The van der Waals surface area contributed by atoms with Gasteiger partial charge in [0.1, 0.15) is 5.82 Å². The molecule has 2 aromatic carbocycles. The van der Waals surface area contributed by atoms with Crippen molar-refractivity contribution in [1.82, 2.24) is 9.80 Å². The molecule has 2 aliphatic rings. The van der Waals surface area contributed by atoms with E-state index in [1.54, 1.807) is 34.1 Å². The largest absolute Gasteiger partial charge is 0.478 e. The zero-order valence-electron chi connectivity index (χ0n) is 21.7. The first-order chi connectivity index (χ1) is 19.4. The number of halogens is 3. The lowest BCUT2D eigenvalue weighted by atomic mass is 10.0. The predicted octanol–water partition coefficient (Wildman–Crippen LogP) is 2.32. The Morgan fingerprint density at radius 1 is 1.02 bits per heavy atom. The van der Waals surface area contributed by atoms with E-state index in [-0.39, 0.29) is 42.2 Å². The molecule has 2 aliphatic heterocycles. The van der Waals surface area contributed by atoms with Gasteiger partial charge >= 0.3 is 11.9 Å². The van der Waals surface area contributed by atoms with Gasteiger partial charge in [-0.25, -0.2) is 22.8 Å². The highest BCUT2D eigenvalue weighted by atomic mass is 19.2. The summed E-state index contributed by atoms with van der Waals surface area (Å²) in [6, 6.07) is 8.88. The fourth-order valence-electron chi connectivity index (χ4n) is 4.90. The number of likely N-dealkylation sites (tertiary alicyclic amines) is 2. The number of fused-ring (bicyclic) bond motifs is 1. The van der Waals surface area contributed by atoms with Gasteiger partial charge in [0.15, 0.2) is 11.6 Å². The van der Waals surface area contributed by atoms with Gasteiger partial charge in [-0.1, -0.05) is 6.07 Å². The van der Waals surface area contributed by atoms with Crippen LogP contribution >= 0.6 is 0 Å². The Kier molecular flexibility index (Phi) is 10.2. The zero-order valence-corrected chi connectivity index (χ0v) is 21.7. The summed E-state index contributed by atoms with van der Waals surface area (Å²) < 4.78 is 40.4. The number of aliphatic carboxylic acids is 2. The van der Waals surface area contributed by atoms with Gasteiger partial charge < -0.3 is 25.7 Å². The molecule has 0 bridgehead atoms. The van der Waals surface area contributed by atoms with Crippen molar-refractivity contribution in [3.8, 4) is 6.07 Å². The first-order valence-corrected chi connectivity index (χ1v) is 12.5. The van der Waals surface area contributed by atoms with Gasteiger partial charge in [0.05, 0.1) is 17.7 Å². The highest BCUT2D eigenvalue weighted by Crippen LogP contribution is 2.33. The molecule has 0 saturated carbocycles. The SMILES string of the molecule is N#Cc1cccc(C(=O)N2C[C@@H]3CCN(C(=O)C[C@H](N)Cc4cc(F)c(F)cc4F)[C@@H]3C2)c1.O=C(O)C=CC(=O)O. The van der Waals surface area contributed by atoms with Gasteiger partial charge in [-0.2, -0.15) is 5.26 Å². The van der Waals surface area contributed by atoms with Crippen molar-refractivity contribution in [3.63, 3.8) is 0 Å². The topological polar surface area (TPSA) is 165 Å². The van der Waals surface area contributed by atoms with Crippen molar-refractivity contribution in [1.29, 1.82) is 5.26 Å². The smallest absolute Gasteiger partial charge is 0.328 e. The van der Waals surface area contributed by atoms with E-state index >= 15 is 0 Å². The van der Waals surface area contributed by atoms with Crippen molar-refractivity contribution < 1.29 is 42.6 Å². The molecule has 3 atom stereocenters. The standard InChI is InChI=1S/C24H23F3N4O2.C4H4O4/c25-19-10-21(27)20(26)8-17(19)7-18(29)9-23(32)31-5-4-16-12-30(13-22(16)31)24(33)15-3-1-2-14(6-15)11-28;5-3(6)1-2-4(7)8/h1-3,6,8,10,16,18,22H,4-5,7,9,12-13,29H2;1-2H,(H,5,6)(H,7,8)/t16-,18+,22+;/m0./s1. The van der Waals surface area contributed by atoms with E-state index in [1.165, 1.54) is 0 Å². The Bertz CT molecular complexity index is 1390. The predicted molar refractivity (Wildman–Crippen MR) is 138 cm³/mol. The molecule has 2 amide bonds. The summed E-state index contributed by atoms with van der Waals surface area (Å²) in [7, 11) is 0. The molecule has 0 radical (unpaired) electrons. The summed E-state index contributed by atoms with van der Waals surface area (Å²) in [5, 5.41) is 24.7. The van der Waals surface area contributed by atoms with Crippen LogP contribution in [0, 0.1) is 34.7 Å². The molecule has 0 spiro atoms. The number of rotatable bonds is 7. The lowest BCUT2D eigenvalue weighted by molar-refractivity contribution is -0.134. The lowest BCUT2D eigenvalue weighted by Gasteiger charge is -2.26. The molecule has 13 heteroatoms. The minimum atomic E-state index is -1.27. The highest BCUT2D eigenvalue weighted by Gasteiger charge is 2.44. The average molecular weight is 573 g/mol. The summed E-state index contributed by atoms with van der Waals surface area (Å²) in [4.78, 5) is 48.3. The van der Waals surface area contributed by atoms with Gasteiger partial charge in [0.25, 0.3) is 5.91 Å². The number of hydrogen-bond acceptors (Lipinski definition) is 6. The van der Waals surface area contributed by atoms with Crippen LogP contribution in [0.15, 0.2) is 48.6 Å². The van der Waals surface area contributed by atoms with Crippen LogP contribution in [-0.4, -0.2) is 75.5 Å². The van der Waals surface area contributed by atoms with E-state index in [2.05, 4.69) is 0 Å². The van der Waals surface area contributed by atoms with Crippen LogP contribution in [0.1, 0.15) is 34.3 Å². The highest BCUT2D eigenvalue weighted by molar-refractivity contribution is 5.95. The van der Waals surface area contributed by atoms with Crippen LogP contribution < -0.4 is 5.73 Å². The molecule has 4 N–H and O–H groups in total. The van der Waals surface area contributed by atoms with Crippen molar-refractivity contribution in [2.24, 2.45) is 11.7 Å². The first kappa shape index (κ1) is 30.8. The number of carboxylic acids is 2. The second kappa shape index (κ2) is 13.6. The summed E-state index contributed by atoms with van der Waals surface area (Å²) in [6.45, 7) is 1.46. The van der Waals surface area contributed by atoms with Crippen LogP contribution in [-0.2, 0) is 20.8 Å². The maximum atomic E-state index is 13.9. The van der Waals surface area contributed by atoms with Crippen molar-refractivity contribution in [2.45, 2.75) is 31.3 Å². The molecular weight excluding hydrogens is 545 g/mol. The van der Waals surface area contributed by atoms with E-state index in [0.717, 1.165) is 12.5 Å². The van der Waals surface area contributed by atoms with Crippen LogP contribution in [0.4, 0.5) is 13.2 Å². The lowest BCUT2D eigenvalue weighted by Crippen LogP contribution is -2.43. The third-order valence-corrected chi connectivity index (χ3v) is 6.77. The van der Waals surface area contributed by atoms with E-state index in [0.29, 0.717) is 49.0 Å². The second-order valence-electron chi connectivity index (χ2n) is 9.64. The Balaban J connectivity index is 0.000000507. The molecule has 2 heterocycles. The van der Waals surface area contributed by atoms with Crippen LogP contribution in [0.3, 0.4) is 0 Å². The second-order valence-corrected chi connectivity index (χ2v) is 9.64. The van der Waals surface area contributed by atoms with E-state index in [9.17, 15) is 32.3 Å². The fraction of sp³-hybridized carbons (Fsp3) is 0.321. The maximum absolute atomic E-state index is 13.9. The summed E-state index contributed by atoms with van der Waals surface area (Å²) in [5.74, 6) is -6.09. The van der Waals surface area contributed by atoms with Crippen LogP contribution in [0.2, 0.25) is 0 Å². The Labute approximate surface area is 233 Å². The summed E-state index contributed by atoms with van der Waals surface area (Å²) >= 11 is 0. The minimum Gasteiger partial charge on any atom is -0.478 e. The molecular formula is C28H27F3N4O6. The quantitative estimate of drug-likeness (QED) is 0.336. The number of carbonyl (C=O) groups excluding carboxylic acids is 2. The molecule has 2 saturated heterocycles. The normalized spacial score (nSPS) is 18.3. The number of nitrogens with two attached hydrogens (primary N) is 1. The molecule has 216 valence electrons. The molecule has 2 fully saturated rings. The summed E-state index contributed by atoms with van der Waals surface area (Å²) in [6.07, 6.45) is 1.70. The van der Waals surface area contributed by atoms with Crippen molar-refractivity contribution in [3.05, 3.63) is 82.7 Å². The van der Waals surface area contributed by atoms with Gasteiger partial charge in [-0.15, -0.1) is 0 Å². The number of benzene rings is 2. The molecule has 10 nitrogen and oxygen atoms in total. The first-order valence-electron chi connectivity index (χ1n) is 12.5. The molecule has 0 unspecified atom stereocenters. The zero-order chi connectivity index (χ0) is 30.3. The number of nitriles is 1. The van der Waals surface area contributed by atoms with E-state index < -0.39 is 35.4 Å². The van der Waals surface area contributed by atoms with Gasteiger partial charge in [0.2, 0.25) is 5.91 Å². The average Bonchev–Trinajstić information content (AvgIpc) is 3.52. The minimum absolute atomic E-state index is 0.0696. The van der Waals surface area contributed by atoms with Gasteiger partial charge in [-0.05, 0) is 42.7 Å². The van der Waals surface area contributed by atoms with Crippen molar-refractivity contribution in [2.75, 3.05) is 19.6 Å². The maximum Gasteiger partial charge on any atom is 0.328 e. The monoisotopic (exact) mass is 572 g/mol. The van der Waals surface area contributed by atoms with Gasteiger partial charge in [-0.3, -0.25) is 9.59 Å². The van der Waals surface area contributed by atoms with E-state index in [4.69, 9.17) is 21.2 Å². The van der Waals surface area contributed by atoms with Crippen LogP contribution in [0.5, 0.6) is 0 Å². The Morgan fingerprint density at radius 3 is 2.32 bits per heavy atom. The van der Waals surface area contributed by atoms with Crippen molar-refractivity contribution >= 4 is 23.8 Å². The third kappa shape index (κ3) is 8.15. The molecule has 0 aromatic heterocycles. The summed E-state index contributed by atoms with van der Waals surface area (Å²) in [5.41, 5.74) is 6.79. The van der Waals surface area contributed by atoms with Crippen LogP contribution in [0.25, 0.3) is 0 Å². The number of hydrogen-bond donors (Lipinski definition) is 3. The molecule has 2 aromatic rings. The fourth-order valence-corrected chi connectivity index (χ4v) is 4.90. The number of nitrogens with zero attached hydrogens (tertiary/aromatic N) is 3. The molecule has 0 aliphatic carbocycles. The Morgan fingerprint density at radius 2 is 1.68 bits per heavy atom. The van der Waals surface area contributed by atoms with Gasteiger partial charge in [0, 0.05) is 61.8 Å². The molecule has 4 rings (SSSR count). The third-order valence-electron chi connectivity index (χ3n) is 6.77. The molecule has 41 heavy (non-hydrogen) atoms. The van der Waals surface area contributed by atoms with E-state index in [1.807, 2.05) is 6.07 Å².